The summed E-state index contributed by atoms with van der Waals surface area (Å²) in [6.07, 6.45) is 10.6. The van der Waals surface area contributed by atoms with Crippen molar-refractivity contribution in [3.05, 3.63) is 12.7 Å². The van der Waals surface area contributed by atoms with Crippen LogP contribution in [0.3, 0.4) is 0 Å². The Kier molecular flexibility index (Phi) is 5.42. The predicted molar refractivity (Wildman–Crippen MR) is 68.9 cm³/mol. The van der Waals surface area contributed by atoms with Crippen molar-refractivity contribution in [2.75, 3.05) is 0 Å². The predicted octanol–water partition coefficient (Wildman–Crippen LogP) is 5.05. The van der Waals surface area contributed by atoms with Gasteiger partial charge in [-0.3, -0.25) is 0 Å². The zero-order valence-corrected chi connectivity index (χ0v) is 10.8. The van der Waals surface area contributed by atoms with E-state index in [9.17, 15) is 0 Å². The molecule has 0 spiro atoms. The van der Waals surface area contributed by atoms with E-state index < -0.39 is 0 Å². The maximum absolute atomic E-state index is 3.99. The molecule has 1 rings (SSSR count). The fraction of sp³-hybridized carbons (Fsp3) is 0.867. The fourth-order valence-electron chi connectivity index (χ4n) is 3.21. The quantitative estimate of drug-likeness (QED) is 0.536. The van der Waals surface area contributed by atoms with Crippen LogP contribution in [0.15, 0.2) is 12.7 Å². The van der Waals surface area contributed by atoms with Crippen LogP contribution in [0.2, 0.25) is 0 Å². The summed E-state index contributed by atoms with van der Waals surface area (Å²) in [5.74, 6) is 3.60. The van der Waals surface area contributed by atoms with Crippen LogP contribution in [-0.4, -0.2) is 0 Å². The van der Waals surface area contributed by atoms with Gasteiger partial charge in [0, 0.05) is 0 Å². The molecule has 0 bridgehead atoms. The monoisotopic (exact) mass is 208 g/mol. The summed E-state index contributed by atoms with van der Waals surface area (Å²) in [5.41, 5.74) is 0. The number of allylic oxidation sites excluding steroid dienone is 1. The molecule has 0 aromatic heterocycles. The van der Waals surface area contributed by atoms with Gasteiger partial charge < -0.3 is 0 Å². The van der Waals surface area contributed by atoms with Crippen LogP contribution in [0.1, 0.15) is 59.3 Å². The Hall–Kier alpha value is -0.260. The van der Waals surface area contributed by atoms with E-state index in [1.54, 1.807) is 0 Å². The van der Waals surface area contributed by atoms with Crippen molar-refractivity contribution in [2.45, 2.75) is 59.3 Å². The summed E-state index contributed by atoms with van der Waals surface area (Å²) in [6.45, 7) is 11.1. The van der Waals surface area contributed by atoms with Gasteiger partial charge in [-0.2, -0.15) is 0 Å². The molecule has 1 aliphatic rings. The minimum atomic E-state index is 0.814. The molecule has 1 aliphatic carbocycles. The van der Waals surface area contributed by atoms with E-state index in [0.29, 0.717) is 0 Å². The van der Waals surface area contributed by atoms with Gasteiger partial charge in [-0.25, -0.2) is 0 Å². The summed E-state index contributed by atoms with van der Waals surface area (Å²) in [7, 11) is 0. The van der Waals surface area contributed by atoms with Crippen molar-refractivity contribution in [3.63, 3.8) is 0 Å². The van der Waals surface area contributed by atoms with Gasteiger partial charge in [0.05, 0.1) is 0 Å². The molecule has 1 saturated carbocycles. The van der Waals surface area contributed by atoms with Crippen molar-refractivity contribution in [2.24, 2.45) is 23.7 Å². The van der Waals surface area contributed by atoms with Crippen LogP contribution in [0.4, 0.5) is 0 Å². The Labute approximate surface area is 96.2 Å². The van der Waals surface area contributed by atoms with Crippen molar-refractivity contribution >= 4 is 0 Å². The molecule has 0 heteroatoms. The van der Waals surface area contributed by atoms with E-state index in [2.05, 4.69) is 33.4 Å². The highest BCUT2D eigenvalue weighted by molar-refractivity contribution is 4.92. The minimum Gasteiger partial charge on any atom is -0.103 e. The van der Waals surface area contributed by atoms with E-state index in [4.69, 9.17) is 0 Å². The topological polar surface area (TPSA) is 0 Å². The fourth-order valence-corrected chi connectivity index (χ4v) is 3.21. The minimum absolute atomic E-state index is 0.814. The smallest absolute Gasteiger partial charge is 0.0205 e. The lowest BCUT2D eigenvalue weighted by molar-refractivity contribution is 0.307. The Balaban J connectivity index is 2.32. The van der Waals surface area contributed by atoms with E-state index >= 15 is 0 Å². The molecule has 0 amide bonds. The third kappa shape index (κ3) is 3.66. The number of hydrogen-bond acceptors (Lipinski definition) is 0. The largest absolute Gasteiger partial charge is 0.103 e. The Morgan fingerprint density at radius 2 is 2.07 bits per heavy atom. The van der Waals surface area contributed by atoms with Gasteiger partial charge in [0.15, 0.2) is 0 Å². The van der Waals surface area contributed by atoms with Gasteiger partial charge in [-0.05, 0) is 42.9 Å². The van der Waals surface area contributed by atoms with Crippen LogP contribution in [0.25, 0.3) is 0 Å². The Morgan fingerprint density at radius 3 is 2.67 bits per heavy atom. The summed E-state index contributed by atoms with van der Waals surface area (Å²) < 4.78 is 0. The van der Waals surface area contributed by atoms with E-state index in [-0.39, 0.29) is 0 Å². The first kappa shape index (κ1) is 12.8. The van der Waals surface area contributed by atoms with Crippen LogP contribution < -0.4 is 0 Å². The second-order valence-electron chi connectivity index (χ2n) is 5.59. The maximum atomic E-state index is 3.99. The van der Waals surface area contributed by atoms with Crippen LogP contribution in [-0.2, 0) is 0 Å². The highest BCUT2D eigenvalue weighted by Gasteiger charge is 2.30. The molecule has 0 heterocycles. The van der Waals surface area contributed by atoms with Crippen LogP contribution in [0.5, 0.6) is 0 Å². The van der Waals surface area contributed by atoms with Crippen LogP contribution in [0, 0.1) is 23.7 Å². The van der Waals surface area contributed by atoms with Crippen molar-refractivity contribution in [3.8, 4) is 0 Å². The van der Waals surface area contributed by atoms with E-state index in [0.717, 1.165) is 23.7 Å². The summed E-state index contributed by atoms with van der Waals surface area (Å²) >= 11 is 0. The van der Waals surface area contributed by atoms with E-state index in [1.807, 2.05) is 0 Å². The van der Waals surface area contributed by atoms with Gasteiger partial charge in [0.2, 0.25) is 0 Å². The number of hydrogen-bond donors (Lipinski definition) is 0. The van der Waals surface area contributed by atoms with Crippen LogP contribution >= 0.6 is 0 Å². The molecular weight excluding hydrogens is 180 g/mol. The van der Waals surface area contributed by atoms with Crippen molar-refractivity contribution < 1.29 is 0 Å². The highest BCUT2D eigenvalue weighted by Crippen LogP contribution is 2.40. The third-order valence-electron chi connectivity index (χ3n) is 4.31. The van der Waals surface area contributed by atoms with Crippen molar-refractivity contribution in [1.29, 1.82) is 0 Å². The molecule has 0 aliphatic heterocycles. The first-order valence-corrected chi connectivity index (χ1v) is 6.81. The van der Waals surface area contributed by atoms with Gasteiger partial charge in [0.1, 0.15) is 0 Å². The first-order chi connectivity index (χ1) is 7.19. The SMILES string of the molecule is C=CC1CCC(C)C1CCC(C)CCC. The molecule has 0 aromatic carbocycles. The summed E-state index contributed by atoms with van der Waals surface area (Å²) in [6, 6.07) is 0. The lowest BCUT2D eigenvalue weighted by Crippen LogP contribution is -2.12. The zero-order valence-electron chi connectivity index (χ0n) is 10.8. The third-order valence-corrected chi connectivity index (χ3v) is 4.31. The summed E-state index contributed by atoms with van der Waals surface area (Å²) in [5, 5.41) is 0. The molecule has 88 valence electrons. The average molecular weight is 208 g/mol. The van der Waals surface area contributed by atoms with Gasteiger partial charge in [-0.1, -0.05) is 46.1 Å². The molecule has 0 N–H and O–H groups in total. The first-order valence-electron chi connectivity index (χ1n) is 6.81. The molecule has 15 heavy (non-hydrogen) atoms. The molecule has 4 unspecified atom stereocenters. The lowest BCUT2D eigenvalue weighted by Gasteiger charge is -2.22. The second-order valence-corrected chi connectivity index (χ2v) is 5.59. The molecule has 4 atom stereocenters. The Bertz CT molecular complexity index is 182. The molecule has 0 nitrogen and oxygen atoms in total. The molecule has 1 fully saturated rings. The normalized spacial score (nSPS) is 32.9. The van der Waals surface area contributed by atoms with Gasteiger partial charge >= 0.3 is 0 Å². The van der Waals surface area contributed by atoms with Gasteiger partial charge in [-0.15, -0.1) is 6.58 Å². The second kappa shape index (κ2) is 6.35. The lowest BCUT2D eigenvalue weighted by atomic mass is 9.84. The standard InChI is InChI=1S/C15H28/c1-5-7-12(3)8-11-15-13(4)9-10-14(15)6-2/h6,12-15H,2,5,7-11H2,1,3-4H3. The highest BCUT2D eigenvalue weighted by atomic mass is 14.4. The molecule has 0 saturated heterocycles. The summed E-state index contributed by atoms with van der Waals surface area (Å²) in [4.78, 5) is 0. The van der Waals surface area contributed by atoms with Crippen molar-refractivity contribution in [1.82, 2.24) is 0 Å². The zero-order chi connectivity index (χ0) is 11.3. The molecule has 0 aromatic rings. The number of rotatable bonds is 6. The molecule has 0 radical (unpaired) electrons. The van der Waals surface area contributed by atoms with Gasteiger partial charge in [0.25, 0.3) is 0 Å². The molecular formula is C15H28. The Morgan fingerprint density at radius 1 is 1.33 bits per heavy atom. The average Bonchev–Trinajstić information content (AvgIpc) is 2.57. The van der Waals surface area contributed by atoms with E-state index in [1.165, 1.54) is 38.5 Å². The maximum Gasteiger partial charge on any atom is -0.0205 e.